The number of carbonyl (C=O) groups is 2. The van der Waals surface area contributed by atoms with Crippen molar-refractivity contribution in [1.29, 1.82) is 0 Å². The molecule has 0 heterocycles. The molecule has 2 N–H and O–H groups in total. The molecule has 88 valence electrons. The van der Waals surface area contributed by atoms with E-state index in [1.54, 1.807) is 0 Å². The molecular formula is C10H10Cl2O4. The topological polar surface area (TPSA) is 74.6 Å². The molecule has 0 aliphatic rings. The molecule has 0 fully saturated rings. The fourth-order valence-corrected chi connectivity index (χ4v) is 0.755. The summed E-state index contributed by atoms with van der Waals surface area (Å²) in [7, 11) is 0. The summed E-state index contributed by atoms with van der Waals surface area (Å²) in [5.41, 5.74) is 0.167. The van der Waals surface area contributed by atoms with E-state index in [9.17, 15) is 9.59 Å². The van der Waals surface area contributed by atoms with Crippen LogP contribution in [0.15, 0.2) is 24.3 Å². The lowest BCUT2D eigenvalue weighted by atomic mass is 10.1. The standard InChI is InChI=1S/C8H6O4.C2H4Cl2/c9-7(10)5-1-2-6(4-3-5)8(11)12;3-1-2-4/h1-4H,(H,9,10)(H,11,12);1-2H2. The number of halogens is 2. The molecule has 1 aromatic rings. The van der Waals surface area contributed by atoms with Crippen LogP contribution in [0.3, 0.4) is 0 Å². The molecule has 0 unspecified atom stereocenters. The summed E-state index contributed by atoms with van der Waals surface area (Å²) < 4.78 is 0. The molecule has 0 aliphatic carbocycles. The van der Waals surface area contributed by atoms with E-state index in [0.717, 1.165) is 0 Å². The molecule has 0 saturated heterocycles. The van der Waals surface area contributed by atoms with Gasteiger partial charge in [-0.1, -0.05) is 0 Å². The lowest BCUT2D eigenvalue weighted by Gasteiger charge is -1.94. The molecule has 1 aromatic carbocycles. The van der Waals surface area contributed by atoms with E-state index >= 15 is 0 Å². The predicted molar refractivity (Wildman–Crippen MR) is 61.8 cm³/mol. The van der Waals surface area contributed by atoms with Crippen LogP contribution in [-0.4, -0.2) is 33.9 Å². The van der Waals surface area contributed by atoms with Crippen LogP contribution in [0.2, 0.25) is 0 Å². The van der Waals surface area contributed by atoms with Gasteiger partial charge in [0.25, 0.3) is 0 Å². The highest BCUT2D eigenvalue weighted by Crippen LogP contribution is 2.03. The summed E-state index contributed by atoms with van der Waals surface area (Å²) in [6.07, 6.45) is 0. The third kappa shape index (κ3) is 5.58. The Morgan fingerprint density at radius 2 is 1.12 bits per heavy atom. The van der Waals surface area contributed by atoms with Crippen molar-refractivity contribution in [3.05, 3.63) is 35.4 Å². The van der Waals surface area contributed by atoms with Crippen molar-refractivity contribution in [1.82, 2.24) is 0 Å². The van der Waals surface area contributed by atoms with Crippen molar-refractivity contribution in [2.45, 2.75) is 0 Å². The first-order valence-electron chi connectivity index (χ1n) is 4.21. The van der Waals surface area contributed by atoms with Gasteiger partial charge in [0.05, 0.1) is 11.1 Å². The average molecular weight is 265 g/mol. The second-order valence-corrected chi connectivity index (χ2v) is 3.32. The predicted octanol–water partition coefficient (Wildman–Crippen LogP) is 2.55. The molecule has 4 nitrogen and oxygen atoms in total. The van der Waals surface area contributed by atoms with Gasteiger partial charge in [-0.15, -0.1) is 23.2 Å². The second kappa shape index (κ2) is 7.96. The van der Waals surface area contributed by atoms with Gasteiger partial charge in [0.1, 0.15) is 0 Å². The number of carboxylic acids is 2. The van der Waals surface area contributed by atoms with Crippen molar-refractivity contribution >= 4 is 35.1 Å². The van der Waals surface area contributed by atoms with Crippen molar-refractivity contribution in [3.63, 3.8) is 0 Å². The first kappa shape index (κ1) is 14.7. The van der Waals surface area contributed by atoms with E-state index in [2.05, 4.69) is 0 Å². The molecule has 0 radical (unpaired) electrons. The van der Waals surface area contributed by atoms with Gasteiger partial charge in [-0.2, -0.15) is 0 Å². The highest BCUT2D eigenvalue weighted by Gasteiger charge is 2.04. The Morgan fingerprint density at radius 3 is 1.25 bits per heavy atom. The second-order valence-electron chi connectivity index (χ2n) is 2.57. The van der Waals surface area contributed by atoms with Crippen LogP contribution < -0.4 is 0 Å². The zero-order valence-corrected chi connectivity index (χ0v) is 9.70. The van der Waals surface area contributed by atoms with Gasteiger partial charge in [0.15, 0.2) is 0 Å². The fourth-order valence-electron chi connectivity index (χ4n) is 0.755. The number of hydrogen-bond acceptors (Lipinski definition) is 2. The summed E-state index contributed by atoms with van der Waals surface area (Å²) in [4.78, 5) is 20.7. The maximum Gasteiger partial charge on any atom is 0.335 e. The Bertz CT molecular complexity index is 313. The molecule has 0 aliphatic heterocycles. The minimum absolute atomic E-state index is 0.0833. The Balaban J connectivity index is 0.000000487. The first-order chi connectivity index (χ1) is 7.52. The summed E-state index contributed by atoms with van der Waals surface area (Å²) in [6, 6.07) is 5.02. The van der Waals surface area contributed by atoms with E-state index in [-0.39, 0.29) is 11.1 Å². The van der Waals surface area contributed by atoms with Crippen LogP contribution in [0.5, 0.6) is 0 Å². The fraction of sp³-hybridized carbons (Fsp3) is 0.200. The van der Waals surface area contributed by atoms with Gasteiger partial charge in [-0.05, 0) is 24.3 Å². The quantitative estimate of drug-likeness (QED) is 0.823. The van der Waals surface area contributed by atoms with Crippen molar-refractivity contribution < 1.29 is 19.8 Å². The van der Waals surface area contributed by atoms with E-state index in [0.29, 0.717) is 11.8 Å². The van der Waals surface area contributed by atoms with Crippen molar-refractivity contribution in [2.75, 3.05) is 11.8 Å². The Hall–Kier alpha value is -1.26. The molecule has 6 heteroatoms. The Kier molecular flexibility index (Phi) is 7.33. The third-order valence-corrected chi connectivity index (χ3v) is 2.02. The van der Waals surface area contributed by atoms with E-state index < -0.39 is 11.9 Å². The number of aromatic carboxylic acids is 2. The van der Waals surface area contributed by atoms with Crippen LogP contribution >= 0.6 is 23.2 Å². The highest BCUT2D eigenvalue weighted by atomic mass is 35.5. The number of alkyl halides is 2. The molecule has 0 amide bonds. The number of hydrogen-bond donors (Lipinski definition) is 2. The molecule has 16 heavy (non-hydrogen) atoms. The summed E-state index contributed by atoms with van der Waals surface area (Å²) in [5, 5.41) is 16.9. The normalized spacial score (nSPS) is 8.88. The SMILES string of the molecule is ClCCCl.O=C(O)c1ccc(C(=O)O)cc1. The molecule has 0 bridgehead atoms. The largest absolute Gasteiger partial charge is 0.478 e. The molecule has 0 saturated carbocycles. The van der Waals surface area contributed by atoms with E-state index in [4.69, 9.17) is 33.4 Å². The van der Waals surface area contributed by atoms with Crippen molar-refractivity contribution in [2.24, 2.45) is 0 Å². The van der Waals surface area contributed by atoms with Crippen LogP contribution in [0.4, 0.5) is 0 Å². The van der Waals surface area contributed by atoms with Gasteiger partial charge in [0.2, 0.25) is 0 Å². The zero-order valence-electron chi connectivity index (χ0n) is 8.19. The Morgan fingerprint density at radius 1 is 0.875 bits per heavy atom. The van der Waals surface area contributed by atoms with Gasteiger partial charge in [-0.3, -0.25) is 0 Å². The lowest BCUT2D eigenvalue weighted by molar-refractivity contribution is 0.0681. The maximum atomic E-state index is 10.3. The number of benzene rings is 1. The molecule has 1 rings (SSSR count). The van der Waals surface area contributed by atoms with Crippen molar-refractivity contribution in [3.8, 4) is 0 Å². The van der Waals surface area contributed by atoms with Crippen LogP contribution in [0.25, 0.3) is 0 Å². The van der Waals surface area contributed by atoms with E-state index in [1.807, 2.05) is 0 Å². The lowest BCUT2D eigenvalue weighted by Crippen LogP contribution is -1.99. The smallest absolute Gasteiger partial charge is 0.335 e. The number of rotatable bonds is 3. The van der Waals surface area contributed by atoms with Gasteiger partial charge >= 0.3 is 11.9 Å². The summed E-state index contributed by atoms with van der Waals surface area (Å²) >= 11 is 10.1. The molecule has 0 spiro atoms. The minimum atomic E-state index is -1.06. The van der Waals surface area contributed by atoms with Gasteiger partial charge in [0, 0.05) is 11.8 Å². The molecule has 0 aromatic heterocycles. The monoisotopic (exact) mass is 264 g/mol. The molecular weight excluding hydrogens is 255 g/mol. The zero-order chi connectivity index (χ0) is 12.6. The van der Waals surface area contributed by atoms with E-state index in [1.165, 1.54) is 24.3 Å². The highest BCUT2D eigenvalue weighted by molar-refractivity contribution is 6.25. The third-order valence-electron chi connectivity index (χ3n) is 1.45. The maximum absolute atomic E-state index is 10.3. The average Bonchev–Trinajstić information content (AvgIpc) is 2.29. The van der Waals surface area contributed by atoms with Gasteiger partial charge < -0.3 is 10.2 Å². The minimum Gasteiger partial charge on any atom is -0.478 e. The summed E-state index contributed by atoms with van der Waals surface area (Å²) in [6.45, 7) is 0. The summed E-state index contributed by atoms with van der Waals surface area (Å²) in [5.74, 6) is -1.01. The van der Waals surface area contributed by atoms with Crippen LogP contribution in [-0.2, 0) is 0 Å². The molecule has 0 atom stereocenters. The Labute approximate surface area is 102 Å². The van der Waals surface area contributed by atoms with Crippen LogP contribution in [0, 0.1) is 0 Å². The first-order valence-corrected chi connectivity index (χ1v) is 5.28. The van der Waals surface area contributed by atoms with Crippen LogP contribution in [0.1, 0.15) is 20.7 Å². The van der Waals surface area contributed by atoms with Gasteiger partial charge in [-0.25, -0.2) is 9.59 Å². The number of carboxylic acid groups (broad SMARTS) is 2.